The molecule has 0 aliphatic heterocycles. The summed E-state index contributed by atoms with van der Waals surface area (Å²) in [7, 11) is -3.80. The second kappa shape index (κ2) is 5.14. The van der Waals surface area contributed by atoms with Gasteiger partial charge in [-0.15, -0.1) is 0 Å². The molecule has 1 N–H and O–H groups in total. The first kappa shape index (κ1) is 13.5. The van der Waals surface area contributed by atoms with Crippen molar-refractivity contribution in [3.63, 3.8) is 0 Å². The van der Waals surface area contributed by atoms with E-state index >= 15 is 0 Å². The molecule has 2 aromatic heterocycles. The van der Waals surface area contributed by atoms with Crippen LogP contribution in [-0.2, 0) is 10.0 Å². The normalized spacial score (nSPS) is 11.7. The second-order valence-electron chi connectivity index (χ2n) is 3.85. The third-order valence-electron chi connectivity index (χ3n) is 2.55. The molecule has 0 bridgehead atoms. The maximum atomic E-state index is 12.3. The molecule has 0 saturated heterocycles. The summed E-state index contributed by atoms with van der Waals surface area (Å²) < 4.78 is 35.5. The van der Waals surface area contributed by atoms with Crippen LogP contribution in [0.4, 0.5) is 5.69 Å². The fourth-order valence-corrected chi connectivity index (χ4v) is 4.30. The monoisotopic (exact) mass is 374 g/mol. The van der Waals surface area contributed by atoms with E-state index in [-0.39, 0.29) is 24.9 Å². The van der Waals surface area contributed by atoms with Gasteiger partial charge in [0, 0.05) is 0 Å². The molecule has 0 fully saturated rings. The average Bonchev–Trinajstić information content (AvgIpc) is 2.88. The van der Waals surface area contributed by atoms with Crippen molar-refractivity contribution in [1.82, 2.24) is 12.9 Å². The van der Waals surface area contributed by atoms with Crippen LogP contribution in [0.5, 0.6) is 0 Å². The molecule has 1 aromatic carbocycles. The second-order valence-corrected chi connectivity index (χ2v) is 7.02. The Balaban J connectivity index is 2.06. The Hall–Kier alpha value is -1.47. The van der Waals surface area contributed by atoms with Crippen LogP contribution in [0.3, 0.4) is 0 Å². The van der Waals surface area contributed by atoms with Gasteiger partial charge in [0.15, 0.2) is 0 Å². The number of nitrogens with one attached hydrogen (secondary N) is 1. The van der Waals surface area contributed by atoms with Crippen molar-refractivity contribution in [2.75, 3.05) is 4.72 Å². The summed E-state index contributed by atoms with van der Waals surface area (Å²) in [4.78, 5) is 3.71. The van der Waals surface area contributed by atoms with Gasteiger partial charge < -0.3 is 0 Å². The molecule has 6 nitrogen and oxygen atoms in total. The Bertz CT molecular complexity index is 881. The molecule has 20 heavy (non-hydrogen) atoms. The van der Waals surface area contributed by atoms with Gasteiger partial charge in [0.2, 0.25) is 0 Å². The first-order chi connectivity index (χ1) is 9.58. The molecule has 102 valence electrons. The summed E-state index contributed by atoms with van der Waals surface area (Å²) in [5, 5.41) is 0.117. The van der Waals surface area contributed by atoms with Crippen molar-refractivity contribution in [2.24, 2.45) is 0 Å². The Labute approximate surface area is 126 Å². The number of pyridine rings is 1. The van der Waals surface area contributed by atoms with Crippen molar-refractivity contribution in [2.45, 2.75) is 4.90 Å². The van der Waals surface area contributed by atoms with Gasteiger partial charge in [-0.25, -0.2) is 0 Å². The molecule has 0 aliphatic carbocycles. The van der Waals surface area contributed by atoms with Crippen LogP contribution in [0.1, 0.15) is 0 Å². The van der Waals surface area contributed by atoms with Crippen molar-refractivity contribution in [1.29, 1.82) is 0 Å². The number of hydrogen-bond acceptors (Lipinski definition) is 5. The molecule has 2 heterocycles. The van der Waals surface area contributed by atoms with Gasteiger partial charge in [-0.05, 0) is 0 Å². The molecule has 0 unspecified atom stereocenters. The molecule has 3 rings (SSSR count). The van der Waals surface area contributed by atoms with Crippen LogP contribution >= 0.6 is 11.6 Å². The maximum absolute atomic E-state index is 12.3. The van der Waals surface area contributed by atoms with Crippen molar-refractivity contribution in [3.8, 4) is 0 Å². The number of rotatable bonds is 3. The van der Waals surface area contributed by atoms with E-state index in [1.54, 1.807) is 18.2 Å². The van der Waals surface area contributed by atoms with Crippen LogP contribution in [0.2, 0.25) is 5.02 Å². The Morgan fingerprint density at radius 1 is 1.20 bits per heavy atom. The fraction of sp³-hybridized carbons (Fsp3) is 0. The number of benzene rings is 1. The van der Waals surface area contributed by atoms with E-state index < -0.39 is 10.0 Å². The molecule has 0 saturated carbocycles. The van der Waals surface area contributed by atoms with Crippen LogP contribution in [0.15, 0.2) is 41.6 Å². The number of fused-ring (bicyclic) bond motifs is 1. The standard InChI is InChI=1S/C11H7ClN4O2SSe/c12-7-4-5-13-6-10(7)19(17,18)14-8-2-1-3-9-11(8)16-20-15-9/h1-6,14H. The third-order valence-corrected chi connectivity index (χ3v) is 5.53. The Kier molecular flexibility index (Phi) is 3.47. The van der Waals surface area contributed by atoms with E-state index in [1.807, 2.05) is 0 Å². The summed E-state index contributed by atoms with van der Waals surface area (Å²) in [5.74, 6) is 0. The van der Waals surface area contributed by atoms with Gasteiger partial charge in [0.25, 0.3) is 0 Å². The fourth-order valence-electron chi connectivity index (χ4n) is 1.65. The predicted octanol–water partition coefficient (Wildman–Crippen LogP) is 1.54. The first-order valence-corrected chi connectivity index (χ1v) is 8.81. The zero-order valence-corrected chi connectivity index (χ0v) is 13.1. The molecule has 3 aromatic rings. The Morgan fingerprint density at radius 3 is 2.85 bits per heavy atom. The number of aromatic nitrogens is 3. The molecule has 0 radical (unpaired) electrons. The number of nitrogens with zero attached hydrogens (tertiary/aromatic N) is 3. The SMILES string of the molecule is O=S(=O)(Nc1cccc2n[se]nc12)c1cnccc1Cl. The summed E-state index contributed by atoms with van der Waals surface area (Å²) in [6.07, 6.45) is 2.64. The summed E-state index contributed by atoms with van der Waals surface area (Å²) >= 11 is 5.67. The molecular formula is C11H7ClN4O2SSe. The predicted molar refractivity (Wildman–Crippen MR) is 76.5 cm³/mol. The quantitative estimate of drug-likeness (QED) is 0.704. The van der Waals surface area contributed by atoms with Gasteiger partial charge in [0.05, 0.1) is 0 Å². The average molecular weight is 374 g/mol. The van der Waals surface area contributed by atoms with Gasteiger partial charge in [-0.3, -0.25) is 0 Å². The first-order valence-electron chi connectivity index (χ1n) is 5.41. The number of hydrogen-bond donors (Lipinski definition) is 1. The topological polar surface area (TPSA) is 84.8 Å². The third kappa shape index (κ3) is 2.43. The van der Waals surface area contributed by atoms with E-state index in [2.05, 4.69) is 17.7 Å². The summed E-state index contributed by atoms with van der Waals surface area (Å²) in [5.41, 5.74) is 1.66. The van der Waals surface area contributed by atoms with E-state index in [9.17, 15) is 8.42 Å². The van der Waals surface area contributed by atoms with Crippen molar-refractivity contribution in [3.05, 3.63) is 41.7 Å². The molecule has 9 heteroatoms. The Morgan fingerprint density at radius 2 is 2.05 bits per heavy atom. The van der Waals surface area contributed by atoms with Crippen molar-refractivity contribution >= 4 is 53.3 Å². The van der Waals surface area contributed by atoms with E-state index in [1.165, 1.54) is 18.5 Å². The molecule has 0 spiro atoms. The minimum atomic E-state index is -3.80. The van der Waals surface area contributed by atoms with Crippen LogP contribution in [0, 0.1) is 0 Å². The zero-order chi connectivity index (χ0) is 14.2. The zero-order valence-electron chi connectivity index (χ0n) is 9.82. The number of sulfonamides is 1. The van der Waals surface area contributed by atoms with Crippen LogP contribution < -0.4 is 4.72 Å². The molecule has 0 atom stereocenters. The van der Waals surface area contributed by atoms with Crippen LogP contribution in [-0.4, -0.2) is 36.3 Å². The molecule has 0 aliphatic rings. The summed E-state index contributed by atoms with van der Waals surface area (Å²) in [6, 6.07) is 6.58. The van der Waals surface area contributed by atoms with Gasteiger partial charge >= 0.3 is 126 Å². The van der Waals surface area contributed by atoms with E-state index in [4.69, 9.17) is 11.6 Å². The number of anilines is 1. The summed E-state index contributed by atoms with van der Waals surface area (Å²) in [6.45, 7) is 0. The van der Waals surface area contributed by atoms with E-state index in [0.29, 0.717) is 16.7 Å². The van der Waals surface area contributed by atoms with Gasteiger partial charge in [-0.2, -0.15) is 0 Å². The van der Waals surface area contributed by atoms with Gasteiger partial charge in [-0.1, -0.05) is 0 Å². The minimum absolute atomic E-state index is 0.0697. The van der Waals surface area contributed by atoms with Crippen molar-refractivity contribution < 1.29 is 8.42 Å². The van der Waals surface area contributed by atoms with E-state index in [0.717, 1.165) is 0 Å². The number of halogens is 1. The molecular weight excluding hydrogens is 367 g/mol. The van der Waals surface area contributed by atoms with Crippen LogP contribution in [0.25, 0.3) is 11.0 Å². The molecule has 0 amide bonds. The van der Waals surface area contributed by atoms with Gasteiger partial charge in [0.1, 0.15) is 0 Å².